The maximum Gasteiger partial charge on any atom is 0.420 e. The first-order chi connectivity index (χ1) is 14.8. The molecular formula is C23H33N3O6. The lowest BCUT2D eigenvalue weighted by molar-refractivity contribution is -0.157. The number of carbonyl (C=O) groups is 3. The summed E-state index contributed by atoms with van der Waals surface area (Å²) in [6.45, 7) is 12.8. The number of hydrogen-bond acceptors (Lipinski definition) is 8. The highest BCUT2D eigenvalue weighted by atomic mass is 16.6. The summed E-state index contributed by atoms with van der Waals surface area (Å²) in [5, 5.41) is 3.64. The summed E-state index contributed by atoms with van der Waals surface area (Å²) in [6.07, 6.45) is 2.77. The van der Waals surface area contributed by atoms with Crippen LogP contribution in [0.4, 0.5) is 4.79 Å². The molecule has 2 rings (SSSR count). The third-order valence-corrected chi connectivity index (χ3v) is 4.41. The van der Waals surface area contributed by atoms with Gasteiger partial charge in [0.15, 0.2) is 5.65 Å². The number of fused-ring (bicyclic) bond motifs is 1. The van der Waals surface area contributed by atoms with Crippen LogP contribution >= 0.6 is 0 Å². The van der Waals surface area contributed by atoms with Crippen LogP contribution in [0.25, 0.3) is 11.0 Å². The maximum atomic E-state index is 12.7. The average Bonchev–Trinajstić information content (AvgIpc) is 3.06. The first-order valence-electron chi connectivity index (χ1n) is 10.5. The number of ether oxygens (including phenoxy) is 3. The van der Waals surface area contributed by atoms with Crippen LogP contribution in [0.2, 0.25) is 0 Å². The fourth-order valence-electron chi connectivity index (χ4n) is 3.08. The molecule has 0 aliphatic heterocycles. The van der Waals surface area contributed by atoms with Gasteiger partial charge in [-0.2, -0.15) is 0 Å². The first kappa shape index (κ1) is 25.3. The average molecular weight is 448 g/mol. The fourth-order valence-corrected chi connectivity index (χ4v) is 3.08. The van der Waals surface area contributed by atoms with Crippen molar-refractivity contribution in [1.29, 1.82) is 0 Å². The van der Waals surface area contributed by atoms with E-state index in [4.69, 9.17) is 14.2 Å². The van der Waals surface area contributed by atoms with Crippen molar-refractivity contribution in [1.82, 2.24) is 14.9 Å². The Kier molecular flexibility index (Phi) is 7.66. The van der Waals surface area contributed by atoms with E-state index in [2.05, 4.69) is 10.3 Å². The number of rotatable bonds is 6. The van der Waals surface area contributed by atoms with E-state index in [9.17, 15) is 14.4 Å². The summed E-state index contributed by atoms with van der Waals surface area (Å²) in [7, 11) is 1.27. The van der Waals surface area contributed by atoms with Gasteiger partial charge < -0.3 is 19.5 Å². The summed E-state index contributed by atoms with van der Waals surface area (Å²) in [5.74, 6) is -0.962. The van der Waals surface area contributed by atoms with Gasteiger partial charge in [0.05, 0.1) is 12.7 Å². The zero-order valence-electron chi connectivity index (χ0n) is 20.1. The molecule has 0 radical (unpaired) electrons. The summed E-state index contributed by atoms with van der Waals surface area (Å²) in [6, 6.07) is 1.19. The molecule has 2 heterocycles. The highest BCUT2D eigenvalue weighted by molar-refractivity contribution is 6.06. The van der Waals surface area contributed by atoms with Crippen LogP contribution in [-0.4, -0.2) is 51.9 Å². The molecule has 176 valence electrons. The highest BCUT2D eigenvalue weighted by Gasteiger charge is 2.27. The van der Waals surface area contributed by atoms with Crippen molar-refractivity contribution in [3.05, 3.63) is 29.6 Å². The molecule has 2 aromatic rings. The maximum absolute atomic E-state index is 12.7. The van der Waals surface area contributed by atoms with Crippen LogP contribution in [0.15, 0.2) is 18.5 Å². The van der Waals surface area contributed by atoms with E-state index in [1.165, 1.54) is 24.1 Å². The first-order valence-corrected chi connectivity index (χ1v) is 10.5. The van der Waals surface area contributed by atoms with Gasteiger partial charge in [0, 0.05) is 24.3 Å². The van der Waals surface area contributed by atoms with Gasteiger partial charge in [0.2, 0.25) is 0 Å². The molecule has 0 amide bonds. The standard InChI is InChI=1S/C23H33N3O6/c1-9-16(20(28)31-22(2,3)4)25-12-14-10-11-24-18-17(14)15(19(27)30-8)13-26(18)21(29)32-23(5,6)7/h10-11,13,16,25H,9,12H2,1-8H3. The molecule has 0 aliphatic rings. The summed E-state index contributed by atoms with van der Waals surface area (Å²) in [4.78, 5) is 41.9. The smallest absolute Gasteiger partial charge is 0.420 e. The van der Waals surface area contributed by atoms with E-state index in [-0.39, 0.29) is 23.7 Å². The van der Waals surface area contributed by atoms with Crippen LogP contribution in [0.3, 0.4) is 0 Å². The van der Waals surface area contributed by atoms with E-state index in [0.29, 0.717) is 17.4 Å². The molecule has 1 N–H and O–H groups in total. The second-order valence-electron chi connectivity index (χ2n) is 9.43. The van der Waals surface area contributed by atoms with Crippen LogP contribution in [-0.2, 0) is 25.5 Å². The van der Waals surface area contributed by atoms with Crippen molar-refractivity contribution < 1.29 is 28.6 Å². The van der Waals surface area contributed by atoms with Gasteiger partial charge in [-0.25, -0.2) is 19.1 Å². The number of methoxy groups -OCH3 is 1. The molecule has 0 saturated heterocycles. The van der Waals surface area contributed by atoms with Crippen molar-refractivity contribution >= 4 is 29.1 Å². The van der Waals surface area contributed by atoms with Gasteiger partial charge in [-0.1, -0.05) is 6.92 Å². The Morgan fingerprint density at radius 3 is 2.25 bits per heavy atom. The molecule has 0 aliphatic carbocycles. The van der Waals surface area contributed by atoms with E-state index in [1.807, 2.05) is 27.7 Å². The van der Waals surface area contributed by atoms with Crippen molar-refractivity contribution in [2.75, 3.05) is 7.11 Å². The lowest BCUT2D eigenvalue weighted by atomic mass is 10.1. The Labute approximate surface area is 188 Å². The molecule has 32 heavy (non-hydrogen) atoms. The largest absolute Gasteiger partial charge is 0.465 e. The van der Waals surface area contributed by atoms with Gasteiger partial charge >= 0.3 is 18.0 Å². The van der Waals surface area contributed by atoms with E-state index >= 15 is 0 Å². The van der Waals surface area contributed by atoms with Gasteiger partial charge in [0.25, 0.3) is 0 Å². The van der Waals surface area contributed by atoms with Gasteiger partial charge in [-0.05, 0) is 59.6 Å². The Hall–Kier alpha value is -2.94. The summed E-state index contributed by atoms with van der Waals surface area (Å²) < 4.78 is 17.0. The third kappa shape index (κ3) is 6.29. The molecule has 0 fully saturated rings. The number of aromatic nitrogens is 2. The zero-order valence-corrected chi connectivity index (χ0v) is 20.1. The highest BCUT2D eigenvalue weighted by Crippen LogP contribution is 2.26. The number of nitrogens with one attached hydrogen (secondary N) is 1. The topological polar surface area (TPSA) is 109 Å². The van der Waals surface area contributed by atoms with Gasteiger partial charge in [0.1, 0.15) is 17.2 Å². The minimum Gasteiger partial charge on any atom is -0.465 e. The van der Waals surface area contributed by atoms with Crippen LogP contribution in [0, 0.1) is 0 Å². The van der Waals surface area contributed by atoms with E-state index in [0.717, 1.165) is 0 Å². The minimum absolute atomic E-state index is 0.184. The summed E-state index contributed by atoms with van der Waals surface area (Å²) >= 11 is 0. The lowest BCUT2D eigenvalue weighted by Crippen LogP contribution is -2.40. The molecule has 9 heteroatoms. The predicted molar refractivity (Wildman–Crippen MR) is 119 cm³/mol. The Morgan fingerprint density at radius 2 is 1.72 bits per heavy atom. The van der Waals surface area contributed by atoms with Gasteiger partial charge in [-0.3, -0.25) is 4.79 Å². The molecular weight excluding hydrogens is 414 g/mol. The van der Waals surface area contributed by atoms with Crippen molar-refractivity contribution in [3.63, 3.8) is 0 Å². The van der Waals surface area contributed by atoms with Crippen LogP contribution < -0.4 is 5.32 Å². The summed E-state index contributed by atoms with van der Waals surface area (Å²) in [5.41, 5.74) is -0.189. The molecule has 1 atom stereocenters. The molecule has 0 spiro atoms. The number of pyridine rings is 1. The van der Waals surface area contributed by atoms with Crippen molar-refractivity contribution in [2.24, 2.45) is 0 Å². The van der Waals surface area contributed by atoms with Gasteiger partial charge in [-0.15, -0.1) is 0 Å². The predicted octanol–water partition coefficient (Wildman–Crippen LogP) is 3.82. The quantitative estimate of drug-likeness (QED) is 0.526. The normalized spacial score (nSPS) is 13.0. The van der Waals surface area contributed by atoms with Crippen molar-refractivity contribution in [3.8, 4) is 0 Å². The van der Waals surface area contributed by atoms with E-state index < -0.39 is 29.3 Å². The SMILES string of the molecule is CCC(NCc1ccnc2c1c(C(=O)OC)cn2C(=O)OC(C)(C)C)C(=O)OC(C)(C)C. The fraction of sp³-hybridized carbons (Fsp3) is 0.565. The molecule has 9 nitrogen and oxygen atoms in total. The molecule has 0 aromatic carbocycles. The minimum atomic E-state index is -0.722. The molecule has 0 bridgehead atoms. The lowest BCUT2D eigenvalue weighted by Gasteiger charge is -2.24. The number of hydrogen-bond donors (Lipinski definition) is 1. The monoisotopic (exact) mass is 447 g/mol. The molecule has 1 unspecified atom stereocenters. The Morgan fingerprint density at radius 1 is 1.09 bits per heavy atom. The van der Waals surface area contributed by atoms with Crippen LogP contribution in [0.1, 0.15) is 70.8 Å². The number of carbonyl (C=O) groups excluding carboxylic acids is 3. The third-order valence-electron chi connectivity index (χ3n) is 4.41. The second kappa shape index (κ2) is 9.68. The van der Waals surface area contributed by atoms with E-state index in [1.54, 1.807) is 26.8 Å². The second-order valence-corrected chi connectivity index (χ2v) is 9.43. The molecule has 2 aromatic heterocycles. The zero-order chi connectivity index (χ0) is 24.3. The Balaban J connectivity index is 2.44. The Bertz CT molecular complexity index is 998. The van der Waals surface area contributed by atoms with Crippen LogP contribution in [0.5, 0.6) is 0 Å². The molecule has 0 saturated carbocycles. The number of nitrogens with zero attached hydrogens (tertiary/aromatic N) is 2. The number of esters is 2. The van der Waals surface area contributed by atoms with Crippen molar-refractivity contribution in [2.45, 2.75) is 78.7 Å².